The van der Waals surface area contributed by atoms with Gasteiger partial charge in [-0.15, -0.1) is 0 Å². The van der Waals surface area contributed by atoms with Gasteiger partial charge in [-0.3, -0.25) is 4.98 Å². The van der Waals surface area contributed by atoms with Crippen LogP contribution in [0.25, 0.3) is 11.0 Å². The molecule has 0 saturated heterocycles. The van der Waals surface area contributed by atoms with Gasteiger partial charge in [-0.1, -0.05) is 12.8 Å². The maximum absolute atomic E-state index is 5.92. The summed E-state index contributed by atoms with van der Waals surface area (Å²) in [6.45, 7) is 0. The summed E-state index contributed by atoms with van der Waals surface area (Å²) in [4.78, 5) is 12.7. The molecule has 1 aliphatic rings. The van der Waals surface area contributed by atoms with Gasteiger partial charge in [-0.2, -0.15) is 4.98 Å². The molecule has 5 heteroatoms. The SMILES string of the molecule is Clc1nc(NC2CCCC2)c2ncccc2n1. The van der Waals surface area contributed by atoms with Crippen LogP contribution in [0.5, 0.6) is 0 Å². The Hall–Kier alpha value is -1.42. The summed E-state index contributed by atoms with van der Waals surface area (Å²) in [5, 5.41) is 3.70. The van der Waals surface area contributed by atoms with Crippen LogP contribution in [-0.4, -0.2) is 21.0 Å². The van der Waals surface area contributed by atoms with Crippen molar-refractivity contribution in [1.29, 1.82) is 0 Å². The minimum absolute atomic E-state index is 0.269. The molecule has 3 rings (SSSR count). The summed E-state index contributed by atoms with van der Waals surface area (Å²) < 4.78 is 0. The van der Waals surface area contributed by atoms with E-state index in [0.29, 0.717) is 6.04 Å². The second-order valence-electron chi connectivity index (χ2n) is 4.34. The van der Waals surface area contributed by atoms with E-state index in [4.69, 9.17) is 11.6 Å². The fourth-order valence-electron chi connectivity index (χ4n) is 2.30. The number of halogens is 1. The third-order valence-corrected chi connectivity index (χ3v) is 3.29. The van der Waals surface area contributed by atoms with Crippen molar-refractivity contribution in [1.82, 2.24) is 15.0 Å². The number of fused-ring (bicyclic) bond motifs is 1. The van der Waals surface area contributed by atoms with Crippen LogP contribution in [-0.2, 0) is 0 Å². The van der Waals surface area contributed by atoms with Crippen LogP contribution in [0.1, 0.15) is 25.7 Å². The third kappa shape index (κ3) is 2.17. The third-order valence-electron chi connectivity index (χ3n) is 3.12. The highest BCUT2D eigenvalue weighted by atomic mass is 35.5. The maximum atomic E-state index is 5.92. The summed E-state index contributed by atoms with van der Waals surface area (Å²) in [5.74, 6) is 0.757. The number of pyridine rings is 1. The number of rotatable bonds is 2. The number of nitrogens with zero attached hydrogens (tertiary/aromatic N) is 3. The average Bonchev–Trinajstić information content (AvgIpc) is 2.81. The normalized spacial score (nSPS) is 16.5. The first-order chi connectivity index (χ1) is 8.33. The van der Waals surface area contributed by atoms with Crippen molar-refractivity contribution in [2.24, 2.45) is 0 Å². The number of hydrogen-bond acceptors (Lipinski definition) is 4. The Morgan fingerprint density at radius 1 is 1.24 bits per heavy atom. The van der Waals surface area contributed by atoms with Gasteiger partial charge in [0.25, 0.3) is 0 Å². The Labute approximate surface area is 104 Å². The molecule has 0 radical (unpaired) electrons. The number of anilines is 1. The fourth-order valence-corrected chi connectivity index (χ4v) is 2.48. The summed E-state index contributed by atoms with van der Waals surface area (Å²) in [6, 6.07) is 4.24. The second kappa shape index (κ2) is 4.45. The lowest BCUT2D eigenvalue weighted by Gasteiger charge is -2.13. The van der Waals surface area contributed by atoms with E-state index in [-0.39, 0.29) is 5.28 Å². The van der Waals surface area contributed by atoms with Crippen LogP contribution in [0, 0.1) is 0 Å². The Morgan fingerprint density at radius 3 is 2.88 bits per heavy atom. The molecule has 4 nitrogen and oxygen atoms in total. The van der Waals surface area contributed by atoms with Crippen molar-refractivity contribution >= 4 is 28.5 Å². The Balaban J connectivity index is 2.01. The highest BCUT2D eigenvalue weighted by molar-refractivity contribution is 6.28. The second-order valence-corrected chi connectivity index (χ2v) is 4.68. The van der Waals surface area contributed by atoms with E-state index in [1.807, 2.05) is 12.1 Å². The van der Waals surface area contributed by atoms with E-state index in [1.165, 1.54) is 25.7 Å². The molecule has 0 aromatic carbocycles. The van der Waals surface area contributed by atoms with Gasteiger partial charge in [0.15, 0.2) is 5.82 Å². The first-order valence-electron chi connectivity index (χ1n) is 5.88. The van der Waals surface area contributed by atoms with Crippen molar-refractivity contribution in [2.75, 3.05) is 5.32 Å². The average molecular weight is 249 g/mol. The lowest BCUT2D eigenvalue weighted by atomic mass is 10.2. The number of aromatic nitrogens is 3. The van der Waals surface area contributed by atoms with E-state index in [2.05, 4.69) is 20.3 Å². The highest BCUT2D eigenvalue weighted by Gasteiger charge is 2.17. The standard InChI is InChI=1S/C12H13ClN4/c13-12-16-9-6-3-7-14-10(9)11(17-12)15-8-4-1-2-5-8/h3,6-8H,1-2,4-5H2,(H,15,16,17). The van der Waals surface area contributed by atoms with Gasteiger partial charge < -0.3 is 5.32 Å². The van der Waals surface area contributed by atoms with Gasteiger partial charge in [-0.05, 0) is 36.6 Å². The monoisotopic (exact) mass is 248 g/mol. The van der Waals surface area contributed by atoms with Gasteiger partial charge in [0, 0.05) is 12.2 Å². The lowest BCUT2D eigenvalue weighted by Crippen LogP contribution is -2.16. The van der Waals surface area contributed by atoms with Crippen molar-refractivity contribution in [2.45, 2.75) is 31.7 Å². The molecule has 0 bridgehead atoms. The van der Waals surface area contributed by atoms with Gasteiger partial charge in [-0.25, -0.2) is 4.98 Å². The van der Waals surface area contributed by atoms with Crippen LogP contribution in [0.4, 0.5) is 5.82 Å². The van der Waals surface area contributed by atoms with Crippen molar-refractivity contribution in [3.8, 4) is 0 Å². The molecular formula is C12H13ClN4. The predicted octanol–water partition coefficient (Wildman–Crippen LogP) is 3.03. The molecule has 2 heterocycles. The first-order valence-corrected chi connectivity index (χ1v) is 6.25. The molecule has 1 saturated carbocycles. The fraction of sp³-hybridized carbons (Fsp3) is 0.417. The van der Waals surface area contributed by atoms with Gasteiger partial charge in [0.05, 0.1) is 5.52 Å². The highest BCUT2D eigenvalue weighted by Crippen LogP contribution is 2.25. The van der Waals surface area contributed by atoms with E-state index in [0.717, 1.165) is 16.9 Å². The zero-order chi connectivity index (χ0) is 11.7. The van der Waals surface area contributed by atoms with Crippen LogP contribution >= 0.6 is 11.6 Å². The quantitative estimate of drug-likeness (QED) is 0.830. The van der Waals surface area contributed by atoms with E-state index >= 15 is 0 Å². The van der Waals surface area contributed by atoms with E-state index in [9.17, 15) is 0 Å². The molecule has 0 atom stereocenters. The van der Waals surface area contributed by atoms with Gasteiger partial charge in [0.1, 0.15) is 5.52 Å². The van der Waals surface area contributed by atoms with E-state index < -0.39 is 0 Å². The summed E-state index contributed by atoms with van der Waals surface area (Å²) in [5.41, 5.74) is 1.58. The Morgan fingerprint density at radius 2 is 2.06 bits per heavy atom. The Kier molecular flexibility index (Phi) is 2.81. The van der Waals surface area contributed by atoms with Gasteiger partial charge in [0.2, 0.25) is 5.28 Å². The molecule has 1 N–H and O–H groups in total. The molecule has 0 spiro atoms. The number of nitrogens with one attached hydrogen (secondary N) is 1. The summed E-state index contributed by atoms with van der Waals surface area (Å²) >= 11 is 5.92. The van der Waals surface area contributed by atoms with Gasteiger partial charge >= 0.3 is 0 Å². The smallest absolute Gasteiger partial charge is 0.225 e. The van der Waals surface area contributed by atoms with Crippen molar-refractivity contribution in [3.05, 3.63) is 23.6 Å². The van der Waals surface area contributed by atoms with Crippen molar-refractivity contribution < 1.29 is 0 Å². The zero-order valence-electron chi connectivity index (χ0n) is 9.36. The topological polar surface area (TPSA) is 50.7 Å². The number of hydrogen-bond donors (Lipinski definition) is 1. The lowest BCUT2D eigenvalue weighted by molar-refractivity contribution is 0.751. The molecule has 2 aromatic heterocycles. The molecule has 88 valence electrons. The molecule has 0 amide bonds. The van der Waals surface area contributed by atoms with Crippen LogP contribution in [0.15, 0.2) is 18.3 Å². The molecule has 2 aromatic rings. The largest absolute Gasteiger partial charge is 0.365 e. The predicted molar refractivity (Wildman–Crippen MR) is 68.2 cm³/mol. The maximum Gasteiger partial charge on any atom is 0.225 e. The van der Waals surface area contributed by atoms with E-state index in [1.54, 1.807) is 6.20 Å². The van der Waals surface area contributed by atoms with Crippen LogP contribution in [0.2, 0.25) is 5.28 Å². The first kappa shape index (κ1) is 10.7. The molecule has 0 unspecified atom stereocenters. The zero-order valence-corrected chi connectivity index (χ0v) is 10.1. The minimum Gasteiger partial charge on any atom is -0.365 e. The summed E-state index contributed by atoms with van der Waals surface area (Å²) in [6.07, 6.45) is 6.69. The van der Waals surface area contributed by atoms with Crippen LogP contribution in [0.3, 0.4) is 0 Å². The van der Waals surface area contributed by atoms with Crippen molar-refractivity contribution in [3.63, 3.8) is 0 Å². The minimum atomic E-state index is 0.269. The molecule has 17 heavy (non-hydrogen) atoms. The molecular weight excluding hydrogens is 236 g/mol. The van der Waals surface area contributed by atoms with Crippen LogP contribution < -0.4 is 5.32 Å². The molecule has 0 aliphatic heterocycles. The molecule has 1 fully saturated rings. The summed E-state index contributed by atoms with van der Waals surface area (Å²) in [7, 11) is 0. The Bertz CT molecular complexity index is 537. The molecule has 1 aliphatic carbocycles.